The summed E-state index contributed by atoms with van der Waals surface area (Å²) in [6.45, 7) is 6.52. The van der Waals surface area contributed by atoms with Gasteiger partial charge in [-0.15, -0.1) is 10.2 Å². The molecule has 9 heteroatoms. The lowest BCUT2D eigenvalue weighted by atomic mass is 9.70. The summed E-state index contributed by atoms with van der Waals surface area (Å²) < 4.78 is 21.0. The predicted molar refractivity (Wildman–Crippen MR) is 135 cm³/mol. The zero-order valence-electron chi connectivity index (χ0n) is 20.7. The highest BCUT2D eigenvalue weighted by Crippen LogP contribution is 2.66. The van der Waals surface area contributed by atoms with Crippen LogP contribution in [0.2, 0.25) is 0 Å². The number of rotatable bonds is 7. The van der Waals surface area contributed by atoms with E-state index in [2.05, 4.69) is 36.3 Å². The summed E-state index contributed by atoms with van der Waals surface area (Å²) in [5, 5.41) is 11.8. The van der Waals surface area contributed by atoms with Crippen molar-refractivity contribution in [3.8, 4) is 11.4 Å². The van der Waals surface area contributed by atoms with E-state index in [1.165, 1.54) is 23.9 Å². The van der Waals surface area contributed by atoms with Gasteiger partial charge in [0.1, 0.15) is 11.6 Å². The Hall–Kier alpha value is -3.20. The Bertz CT molecular complexity index is 1320. The fourth-order valence-electron chi connectivity index (χ4n) is 5.62. The van der Waals surface area contributed by atoms with Crippen LogP contribution in [-0.4, -0.2) is 38.8 Å². The maximum Gasteiger partial charge on any atom is 0.251 e. The van der Waals surface area contributed by atoms with Gasteiger partial charge in [0.05, 0.1) is 24.6 Å². The summed E-state index contributed by atoms with van der Waals surface area (Å²) in [7, 11) is 1.56. The number of carbonyl (C=O) groups is 2. The number of fused-ring (bicyclic) bond motifs is 2. The van der Waals surface area contributed by atoms with Gasteiger partial charge in [-0.25, -0.2) is 4.39 Å². The van der Waals surface area contributed by atoms with E-state index in [4.69, 9.17) is 4.74 Å². The lowest BCUT2D eigenvalue weighted by Gasteiger charge is -2.32. The van der Waals surface area contributed by atoms with Gasteiger partial charge >= 0.3 is 0 Å². The van der Waals surface area contributed by atoms with Crippen molar-refractivity contribution in [1.29, 1.82) is 0 Å². The molecule has 0 radical (unpaired) electrons. The third-order valence-electron chi connectivity index (χ3n) is 8.23. The van der Waals surface area contributed by atoms with Crippen molar-refractivity contribution in [1.82, 2.24) is 20.1 Å². The second-order valence-electron chi connectivity index (χ2n) is 10.2. The van der Waals surface area contributed by atoms with E-state index in [1.807, 2.05) is 0 Å². The fourth-order valence-corrected chi connectivity index (χ4v) is 7.26. The molecule has 0 saturated heterocycles. The van der Waals surface area contributed by atoms with Crippen LogP contribution in [0, 0.1) is 22.6 Å². The van der Waals surface area contributed by atoms with Gasteiger partial charge in [0.2, 0.25) is 0 Å². The number of hydrogen-bond donors (Lipinski definition) is 1. The number of thioether (sulfide) groups is 1. The number of nitrogens with one attached hydrogen (secondary N) is 1. The maximum atomic E-state index is 14.2. The molecule has 1 N–H and O–H groups in total. The summed E-state index contributed by atoms with van der Waals surface area (Å²) in [5.41, 5.74) is 0.567. The predicted octanol–water partition coefficient (Wildman–Crippen LogP) is 4.83. The number of amides is 1. The Labute approximate surface area is 213 Å². The van der Waals surface area contributed by atoms with Crippen LogP contribution < -0.4 is 10.1 Å². The number of carbonyl (C=O) groups excluding carboxylic acids is 2. The highest BCUT2D eigenvalue weighted by atomic mass is 32.2. The first kappa shape index (κ1) is 24.5. The molecule has 2 bridgehead atoms. The van der Waals surface area contributed by atoms with E-state index < -0.39 is 5.82 Å². The first-order chi connectivity index (χ1) is 17.2. The lowest BCUT2D eigenvalue weighted by molar-refractivity contribution is -0.127. The summed E-state index contributed by atoms with van der Waals surface area (Å²) in [5.74, 6) is 0.915. The minimum atomic E-state index is -0.394. The third kappa shape index (κ3) is 3.89. The Morgan fingerprint density at radius 2 is 1.94 bits per heavy atom. The van der Waals surface area contributed by atoms with Crippen LogP contribution in [0.5, 0.6) is 5.75 Å². The standard InChI is InChI=1S/C27H29FN4O3S/c1-26(2)20-12-13-27(26,3)23(33)22(20)36-25-31-30-21(32(25)18-7-5-6-17(28)14-18)15-29-24(34)16-8-10-19(35-4)11-9-16/h5-11,14,20,22H,12-13,15H2,1-4H3,(H,29,34). The molecule has 7 nitrogen and oxygen atoms in total. The summed E-state index contributed by atoms with van der Waals surface area (Å²) >= 11 is 1.40. The SMILES string of the molecule is COc1ccc(C(=O)NCc2nnc(SC3C(=O)C4(C)CCC3C4(C)C)n2-c2cccc(F)c2)cc1. The smallest absolute Gasteiger partial charge is 0.251 e. The molecule has 2 fully saturated rings. The molecule has 3 aromatic rings. The second-order valence-corrected chi connectivity index (χ2v) is 11.3. The number of benzene rings is 2. The highest BCUT2D eigenvalue weighted by molar-refractivity contribution is 8.00. The normalized spacial score (nSPS) is 24.2. The van der Waals surface area contributed by atoms with Crippen molar-refractivity contribution in [2.24, 2.45) is 16.7 Å². The molecule has 0 aliphatic heterocycles. The van der Waals surface area contributed by atoms with E-state index in [0.29, 0.717) is 28.0 Å². The Kier molecular flexibility index (Phi) is 6.14. The van der Waals surface area contributed by atoms with Crippen LogP contribution in [0.4, 0.5) is 4.39 Å². The molecule has 0 spiro atoms. The average molecular weight is 509 g/mol. The summed E-state index contributed by atoms with van der Waals surface area (Å²) in [6.07, 6.45) is 1.89. The molecule has 1 aromatic heterocycles. The quantitative estimate of drug-likeness (QED) is 0.492. The van der Waals surface area contributed by atoms with E-state index in [9.17, 15) is 14.0 Å². The van der Waals surface area contributed by atoms with Gasteiger partial charge < -0.3 is 10.1 Å². The van der Waals surface area contributed by atoms with Gasteiger partial charge in [-0.1, -0.05) is 38.6 Å². The Balaban J connectivity index is 1.43. The highest BCUT2D eigenvalue weighted by Gasteiger charge is 2.66. The van der Waals surface area contributed by atoms with Gasteiger partial charge in [-0.3, -0.25) is 14.2 Å². The van der Waals surface area contributed by atoms with Crippen LogP contribution in [0.15, 0.2) is 53.7 Å². The van der Waals surface area contributed by atoms with Crippen LogP contribution >= 0.6 is 11.8 Å². The van der Waals surface area contributed by atoms with Gasteiger partial charge in [0, 0.05) is 11.0 Å². The minimum absolute atomic E-state index is 0.0835. The fraction of sp³-hybridized carbons (Fsp3) is 0.407. The maximum absolute atomic E-state index is 14.2. The van der Waals surface area contributed by atoms with Crippen LogP contribution in [0.1, 0.15) is 49.8 Å². The number of ether oxygens (including phenoxy) is 1. The van der Waals surface area contributed by atoms with Crippen LogP contribution in [0.25, 0.3) is 5.69 Å². The Morgan fingerprint density at radius 3 is 2.58 bits per heavy atom. The van der Waals surface area contributed by atoms with E-state index in [1.54, 1.807) is 48.1 Å². The van der Waals surface area contributed by atoms with Crippen molar-refractivity contribution in [3.63, 3.8) is 0 Å². The van der Waals surface area contributed by atoms with E-state index in [-0.39, 0.29) is 40.2 Å². The molecule has 2 aliphatic carbocycles. The van der Waals surface area contributed by atoms with E-state index >= 15 is 0 Å². The number of aromatic nitrogens is 3. The molecule has 5 rings (SSSR count). The second kappa shape index (κ2) is 9.03. The lowest BCUT2D eigenvalue weighted by Crippen LogP contribution is -2.34. The van der Waals surface area contributed by atoms with Crippen LogP contribution in [0.3, 0.4) is 0 Å². The number of halogens is 1. The summed E-state index contributed by atoms with van der Waals surface area (Å²) in [4.78, 5) is 26.2. The van der Waals surface area contributed by atoms with Gasteiger partial charge in [0.25, 0.3) is 5.91 Å². The molecule has 2 aliphatic rings. The number of nitrogens with zero attached hydrogens (tertiary/aromatic N) is 3. The molecule has 1 amide bonds. The zero-order chi connectivity index (χ0) is 25.7. The number of Topliss-reactive ketones (excluding diaryl/α,β-unsaturated/α-hetero) is 1. The van der Waals surface area contributed by atoms with Crippen molar-refractivity contribution in [2.75, 3.05) is 7.11 Å². The molecule has 3 atom stereocenters. The molecule has 36 heavy (non-hydrogen) atoms. The first-order valence-electron chi connectivity index (χ1n) is 12.0. The zero-order valence-corrected chi connectivity index (χ0v) is 21.6. The van der Waals surface area contributed by atoms with E-state index in [0.717, 1.165) is 12.8 Å². The van der Waals surface area contributed by atoms with Crippen molar-refractivity contribution < 1.29 is 18.7 Å². The molecule has 3 unspecified atom stereocenters. The average Bonchev–Trinajstić information content (AvgIpc) is 3.41. The number of methoxy groups -OCH3 is 1. The molecule has 2 aromatic carbocycles. The Morgan fingerprint density at radius 1 is 1.19 bits per heavy atom. The topological polar surface area (TPSA) is 86.1 Å². The van der Waals surface area contributed by atoms with Crippen LogP contribution in [-0.2, 0) is 11.3 Å². The number of hydrogen-bond acceptors (Lipinski definition) is 6. The first-order valence-corrected chi connectivity index (χ1v) is 12.9. The van der Waals surface area contributed by atoms with Gasteiger partial charge in [-0.05, 0) is 66.6 Å². The molecule has 188 valence electrons. The van der Waals surface area contributed by atoms with Crippen molar-refractivity contribution in [2.45, 2.75) is 50.6 Å². The molecular weight excluding hydrogens is 479 g/mol. The molecule has 1 heterocycles. The van der Waals surface area contributed by atoms with Crippen molar-refractivity contribution >= 4 is 23.5 Å². The molecular formula is C27H29FN4O3S. The largest absolute Gasteiger partial charge is 0.497 e. The monoisotopic (exact) mass is 508 g/mol. The molecule has 2 saturated carbocycles. The number of ketones is 1. The summed E-state index contributed by atoms with van der Waals surface area (Å²) in [6, 6.07) is 12.9. The third-order valence-corrected chi connectivity index (χ3v) is 9.50. The van der Waals surface area contributed by atoms with Crippen molar-refractivity contribution in [3.05, 3.63) is 65.7 Å². The minimum Gasteiger partial charge on any atom is -0.497 e. The van der Waals surface area contributed by atoms with Gasteiger partial charge in [0.15, 0.2) is 16.8 Å². The van der Waals surface area contributed by atoms with Gasteiger partial charge in [-0.2, -0.15) is 0 Å².